The van der Waals surface area contributed by atoms with Crippen molar-refractivity contribution >= 4 is 29.5 Å². The molecule has 0 spiro atoms. The number of nitrogens with two attached hydrogens (primary N) is 1. The number of amides is 3. The Morgan fingerprint density at radius 3 is 2.40 bits per heavy atom. The molecule has 1 atom stereocenters. The number of carbonyl (C=O) groups excluding carboxylic acids is 4. The molecule has 5 rings (SSSR count). The van der Waals surface area contributed by atoms with E-state index in [2.05, 4.69) is 0 Å². The number of carbonyl (C=O) groups is 4. The zero-order valence-corrected chi connectivity index (χ0v) is 26.9. The minimum Gasteiger partial charge on any atom is -0.497 e. The minimum absolute atomic E-state index is 0.0355. The molecule has 3 aromatic rings. The van der Waals surface area contributed by atoms with Gasteiger partial charge in [-0.05, 0) is 62.6 Å². The number of methoxy groups -OCH3 is 1. The molecule has 3 amide bonds. The number of aromatic nitrogens is 1. The lowest BCUT2D eigenvalue weighted by Gasteiger charge is -2.25. The maximum absolute atomic E-state index is 15.9. The number of pyridine rings is 1. The zero-order valence-electron chi connectivity index (χ0n) is 26.9. The van der Waals surface area contributed by atoms with E-state index in [1.54, 1.807) is 27.9 Å². The smallest absolute Gasteiger partial charge is 0.306 e. The molecule has 3 heterocycles. The number of hydrogen-bond donors (Lipinski definition) is 1. The maximum Gasteiger partial charge on any atom is 0.306 e. The summed E-state index contributed by atoms with van der Waals surface area (Å²) in [6, 6.07) is 10.8. The van der Waals surface area contributed by atoms with Crippen LogP contribution >= 0.6 is 0 Å². The second-order valence-electron chi connectivity index (χ2n) is 12.7. The van der Waals surface area contributed by atoms with E-state index in [-0.39, 0.29) is 37.1 Å². The second-order valence-corrected chi connectivity index (χ2v) is 12.7. The topological polar surface area (TPSA) is 135 Å². The first-order valence-corrected chi connectivity index (χ1v) is 15.1. The van der Waals surface area contributed by atoms with Crippen LogP contribution in [0.4, 0.5) is 14.6 Å². The van der Waals surface area contributed by atoms with E-state index in [0.717, 1.165) is 27.8 Å². The summed E-state index contributed by atoms with van der Waals surface area (Å²) in [4.78, 5) is 60.2. The van der Waals surface area contributed by atoms with E-state index in [4.69, 9.17) is 20.2 Å². The molecule has 0 bridgehead atoms. The van der Waals surface area contributed by atoms with Gasteiger partial charge in [0, 0.05) is 32.1 Å². The Kier molecular flexibility index (Phi) is 9.19. The van der Waals surface area contributed by atoms with Crippen molar-refractivity contribution in [3.8, 4) is 5.75 Å². The average Bonchev–Trinajstić information content (AvgIpc) is 3.57. The van der Waals surface area contributed by atoms with Gasteiger partial charge >= 0.3 is 5.97 Å². The predicted molar refractivity (Wildman–Crippen MR) is 167 cm³/mol. The van der Waals surface area contributed by atoms with Crippen molar-refractivity contribution < 1.29 is 37.4 Å². The normalized spacial score (nSPS) is 14.5. The molecule has 2 aromatic carbocycles. The minimum atomic E-state index is -1.28. The lowest BCUT2D eigenvalue weighted by atomic mass is 10.0. The summed E-state index contributed by atoms with van der Waals surface area (Å²) in [6.07, 6.45) is -0.399. The maximum atomic E-state index is 15.9. The molecule has 2 aliphatic rings. The Morgan fingerprint density at radius 1 is 1.06 bits per heavy atom. The van der Waals surface area contributed by atoms with Gasteiger partial charge in [0.05, 0.1) is 31.5 Å². The molecular formula is C34H37F2N5O6. The number of rotatable bonds is 10. The molecule has 0 aliphatic carbocycles. The standard InChI is InChI=1S/C34H37F2N5O6/c1-34(2,3)47-28(42)13-11-26(31(37)43)41-17-23-22(32(41)44)14-24(35)29(30(23)36)33(45)40-16-20-8-12-27(38-25(20)18-40)39(4)15-19-6-9-21(46-5)10-7-19/h6-10,12,14,26H,11,13,15-18H2,1-5H3,(H2,37,43)/t26-/m0/s1. The summed E-state index contributed by atoms with van der Waals surface area (Å²) in [6.45, 7) is 5.34. The fourth-order valence-corrected chi connectivity index (χ4v) is 5.79. The van der Waals surface area contributed by atoms with E-state index >= 15 is 8.78 Å². The molecular weight excluding hydrogens is 612 g/mol. The highest BCUT2D eigenvalue weighted by atomic mass is 19.1. The largest absolute Gasteiger partial charge is 0.497 e. The van der Waals surface area contributed by atoms with Crippen molar-refractivity contribution in [3.63, 3.8) is 0 Å². The third kappa shape index (κ3) is 7.03. The monoisotopic (exact) mass is 649 g/mol. The molecule has 0 unspecified atom stereocenters. The quantitative estimate of drug-likeness (QED) is 0.325. The van der Waals surface area contributed by atoms with Crippen LogP contribution in [0, 0.1) is 11.6 Å². The van der Waals surface area contributed by atoms with E-state index in [1.165, 1.54) is 4.90 Å². The van der Waals surface area contributed by atoms with Gasteiger partial charge < -0.3 is 29.9 Å². The Morgan fingerprint density at radius 2 is 1.77 bits per heavy atom. The number of primary amides is 1. The van der Waals surface area contributed by atoms with Crippen LogP contribution in [0.5, 0.6) is 5.75 Å². The van der Waals surface area contributed by atoms with Crippen molar-refractivity contribution in [1.82, 2.24) is 14.8 Å². The lowest BCUT2D eigenvalue weighted by Crippen LogP contribution is -2.45. The Labute approximate surface area is 271 Å². The summed E-state index contributed by atoms with van der Waals surface area (Å²) in [7, 11) is 3.49. The van der Waals surface area contributed by atoms with E-state index < -0.39 is 59.1 Å². The van der Waals surface area contributed by atoms with Gasteiger partial charge in [-0.3, -0.25) is 19.2 Å². The van der Waals surface area contributed by atoms with Gasteiger partial charge in [-0.25, -0.2) is 13.8 Å². The Bertz CT molecular complexity index is 1740. The molecule has 13 heteroatoms. The van der Waals surface area contributed by atoms with Crippen molar-refractivity contribution in [2.75, 3.05) is 19.1 Å². The van der Waals surface area contributed by atoms with Crippen LogP contribution in [-0.4, -0.2) is 64.3 Å². The summed E-state index contributed by atoms with van der Waals surface area (Å²) in [5.41, 5.74) is 5.85. The summed E-state index contributed by atoms with van der Waals surface area (Å²) >= 11 is 0. The highest BCUT2D eigenvalue weighted by molar-refractivity contribution is 6.03. The number of ether oxygens (including phenoxy) is 2. The number of benzene rings is 2. The molecule has 47 heavy (non-hydrogen) atoms. The third-order valence-electron chi connectivity index (χ3n) is 8.11. The number of fused-ring (bicyclic) bond motifs is 2. The number of anilines is 1. The van der Waals surface area contributed by atoms with Crippen LogP contribution in [0.3, 0.4) is 0 Å². The molecule has 1 aromatic heterocycles. The van der Waals surface area contributed by atoms with Crippen molar-refractivity contribution in [2.24, 2.45) is 5.73 Å². The van der Waals surface area contributed by atoms with Gasteiger partial charge in [0.2, 0.25) is 5.91 Å². The number of hydrogen-bond acceptors (Lipinski definition) is 8. The van der Waals surface area contributed by atoms with Crippen LogP contribution in [0.25, 0.3) is 0 Å². The summed E-state index contributed by atoms with van der Waals surface area (Å²) in [5.74, 6) is -4.20. The fourth-order valence-electron chi connectivity index (χ4n) is 5.79. The summed E-state index contributed by atoms with van der Waals surface area (Å²) < 4.78 is 41.8. The van der Waals surface area contributed by atoms with Crippen molar-refractivity contribution in [1.29, 1.82) is 0 Å². The number of esters is 1. The first kappa shape index (κ1) is 33.3. The van der Waals surface area contributed by atoms with Crippen LogP contribution in [0.15, 0.2) is 42.5 Å². The van der Waals surface area contributed by atoms with Crippen LogP contribution < -0.4 is 15.4 Å². The number of nitrogens with zero attached hydrogens (tertiary/aromatic N) is 4. The Hall–Kier alpha value is -5.07. The molecule has 0 fully saturated rings. The first-order chi connectivity index (χ1) is 22.2. The van der Waals surface area contributed by atoms with Crippen LogP contribution in [0.1, 0.15) is 76.7 Å². The van der Waals surface area contributed by atoms with Gasteiger partial charge in [0.25, 0.3) is 11.8 Å². The molecule has 0 saturated heterocycles. The van der Waals surface area contributed by atoms with E-state index in [0.29, 0.717) is 18.1 Å². The second kappa shape index (κ2) is 13.0. The molecule has 0 radical (unpaired) electrons. The molecule has 11 nitrogen and oxygen atoms in total. The highest BCUT2D eigenvalue weighted by Gasteiger charge is 2.41. The van der Waals surface area contributed by atoms with Crippen LogP contribution in [0.2, 0.25) is 0 Å². The van der Waals surface area contributed by atoms with Gasteiger partial charge in [0.15, 0.2) is 0 Å². The zero-order chi connectivity index (χ0) is 34.2. The summed E-state index contributed by atoms with van der Waals surface area (Å²) in [5, 5.41) is 0. The third-order valence-corrected chi connectivity index (χ3v) is 8.11. The SMILES string of the molecule is COc1ccc(CN(C)c2ccc3c(n2)CN(C(=O)c2c(F)cc4c(c2F)CN([C@@H](CCC(=O)OC(C)(C)C)C(N)=O)C4=O)C3)cc1. The van der Waals surface area contributed by atoms with Gasteiger partial charge in [0.1, 0.15) is 40.4 Å². The van der Waals surface area contributed by atoms with Crippen LogP contribution in [-0.2, 0) is 40.5 Å². The fraction of sp³-hybridized carbons (Fsp3) is 0.382. The predicted octanol–water partition coefficient (Wildman–Crippen LogP) is 4.09. The van der Waals surface area contributed by atoms with Crippen molar-refractivity contribution in [3.05, 3.63) is 87.6 Å². The number of halogens is 2. The molecule has 0 saturated carbocycles. The Balaban J connectivity index is 1.30. The van der Waals surface area contributed by atoms with Gasteiger partial charge in [-0.2, -0.15) is 0 Å². The molecule has 2 N–H and O–H groups in total. The van der Waals surface area contributed by atoms with E-state index in [9.17, 15) is 19.2 Å². The van der Waals surface area contributed by atoms with E-state index in [1.807, 2.05) is 48.3 Å². The van der Waals surface area contributed by atoms with Crippen molar-refractivity contribution in [2.45, 2.75) is 71.4 Å². The van der Waals surface area contributed by atoms with Gasteiger partial charge in [-0.1, -0.05) is 18.2 Å². The molecule has 2 aliphatic heterocycles. The average molecular weight is 650 g/mol. The first-order valence-electron chi connectivity index (χ1n) is 15.1. The lowest BCUT2D eigenvalue weighted by molar-refractivity contribution is -0.155. The van der Waals surface area contributed by atoms with Gasteiger partial charge in [-0.15, -0.1) is 0 Å². The highest BCUT2D eigenvalue weighted by Crippen LogP contribution is 2.34. The molecule has 248 valence electrons.